The Hall–Kier alpha value is -2.82. The van der Waals surface area contributed by atoms with Crippen molar-refractivity contribution in [1.82, 2.24) is 9.97 Å². The van der Waals surface area contributed by atoms with E-state index in [1.165, 1.54) is 19.3 Å². The first-order valence-corrected chi connectivity index (χ1v) is 9.03. The summed E-state index contributed by atoms with van der Waals surface area (Å²) in [6, 6.07) is 12.0. The van der Waals surface area contributed by atoms with Crippen molar-refractivity contribution in [2.24, 2.45) is 0 Å². The van der Waals surface area contributed by atoms with E-state index in [2.05, 4.69) is 22.0 Å². The molecule has 2 heterocycles. The predicted octanol–water partition coefficient (Wildman–Crippen LogP) is 4.30. The zero-order valence-corrected chi connectivity index (χ0v) is 15.2. The molecule has 3 aromatic rings. The van der Waals surface area contributed by atoms with Gasteiger partial charge in [0.1, 0.15) is 5.82 Å². The third-order valence-corrected chi connectivity index (χ3v) is 4.92. The Morgan fingerprint density at radius 3 is 2.54 bits per heavy atom. The number of hydrogen-bond acceptors (Lipinski definition) is 5. The summed E-state index contributed by atoms with van der Waals surface area (Å²) in [5.41, 5.74) is 3.82. The fourth-order valence-corrected chi connectivity index (χ4v) is 3.56. The third-order valence-electron chi connectivity index (χ3n) is 4.92. The number of methoxy groups -OCH3 is 2. The van der Waals surface area contributed by atoms with Gasteiger partial charge in [-0.15, -0.1) is 0 Å². The molecule has 4 rings (SSSR count). The van der Waals surface area contributed by atoms with Crippen molar-refractivity contribution in [3.8, 4) is 22.6 Å². The van der Waals surface area contributed by atoms with Crippen LogP contribution in [0.25, 0.3) is 22.2 Å². The van der Waals surface area contributed by atoms with Crippen LogP contribution in [0.1, 0.15) is 19.3 Å². The molecule has 0 bridgehead atoms. The van der Waals surface area contributed by atoms with Crippen LogP contribution in [0.15, 0.2) is 42.6 Å². The number of fused-ring (bicyclic) bond motifs is 1. The summed E-state index contributed by atoms with van der Waals surface area (Å²) in [6.45, 7) is 2.12. The fraction of sp³-hybridized carbons (Fsp3) is 0.333. The van der Waals surface area contributed by atoms with Gasteiger partial charge in [-0.05, 0) is 43.0 Å². The molecular weight excluding hydrogens is 326 g/mol. The van der Waals surface area contributed by atoms with Crippen molar-refractivity contribution in [2.75, 3.05) is 32.2 Å². The van der Waals surface area contributed by atoms with Crippen molar-refractivity contribution in [3.63, 3.8) is 0 Å². The summed E-state index contributed by atoms with van der Waals surface area (Å²) in [6.07, 6.45) is 5.64. The van der Waals surface area contributed by atoms with Crippen molar-refractivity contribution in [2.45, 2.75) is 19.3 Å². The number of benzene rings is 2. The molecule has 1 aliphatic heterocycles. The molecule has 0 saturated carbocycles. The lowest BCUT2D eigenvalue weighted by Crippen LogP contribution is -2.30. The fourth-order valence-electron chi connectivity index (χ4n) is 3.56. The van der Waals surface area contributed by atoms with E-state index in [-0.39, 0.29) is 0 Å². The summed E-state index contributed by atoms with van der Waals surface area (Å²) >= 11 is 0. The molecule has 1 fully saturated rings. The Balaban J connectivity index is 1.77. The number of aromatic nitrogens is 2. The number of hydrogen-bond donors (Lipinski definition) is 0. The van der Waals surface area contributed by atoms with Gasteiger partial charge >= 0.3 is 0 Å². The largest absolute Gasteiger partial charge is 0.493 e. The Morgan fingerprint density at radius 2 is 1.77 bits per heavy atom. The zero-order chi connectivity index (χ0) is 17.9. The van der Waals surface area contributed by atoms with Crippen molar-refractivity contribution in [3.05, 3.63) is 42.6 Å². The highest BCUT2D eigenvalue weighted by Gasteiger charge is 2.15. The van der Waals surface area contributed by atoms with E-state index in [1.807, 2.05) is 30.5 Å². The number of ether oxygens (including phenoxy) is 2. The molecule has 0 amide bonds. The smallest absolute Gasteiger partial charge is 0.168 e. The quantitative estimate of drug-likeness (QED) is 0.703. The summed E-state index contributed by atoms with van der Waals surface area (Å²) in [5, 5.41) is 0. The zero-order valence-electron chi connectivity index (χ0n) is 15.2. The van der Waals surface area contributed by atoms with Gasteiger partial charge < -0.3 is 14.4 Å². The van der Waals surface area contributed by atoms with Gasteiger partial charge in [-0.3, -0.25) is 4.98 Å². The lowest BCUT2D eigenvalue weighted by molar-refractivity contribution is 0.356. The first-order chi connectivity index (χ1) is 12.8. The molecule has 1 saturated heterocycles. The van der Waals surface area contributed by atoms with E-state index in [0.29, 0.717) is 0 Å². The third kappa shape index (κ3) is 3.05. The van der Waals surface area contributed by atoms with Crippen molar-refractivity contribution >= 4 is 16.9 Å². The van der Waals surface area contributed by atoms with Gasteiger partial charge in [-0.25, -0.2) is 4.98 Å². The molecular formula is C21H23N3O2. The van der Waals surface area contributed by atoms with Crippen molar-refractivity contribution in [1.29, 1.82) is 0 Å². The number of nitrogens with zero attached hydrogens (tertiary/aromatic N) is 3. The average Bonchev–Trinajstić information content (AvgIpc) is 2.72. The number of piperidine rings is 1. The second kappa shape index (κ2) is 7.20. The Labute approximate surface area is 153 Å². The Kier molecular flexibility index (Phi) is 4.61. The second-order valence-corrected chi connectivity index (χ2v) is 6.52. The SMILES string of the molecule is COc1cccc(-c2ccc3ncc(N4CCCCC4)nc3c2)c1OC. The Bertz CT molecular complexity index is 920. The molecule has 5 heteroatoms. The van der Waals surface area contributed by atoms with Gasteiger partial charge in [0, 0.05) is 18.7 Å². The van der Waals surface area contributed by atoms with Crippen LogP contribution in [0.3, 0.4) is 0 Å². The van der Waals surface area contributed by atoms with Crippen LogP contribution in [0, 0.1) is 0 Å². The summed E-state index contributed by atoms with van der Waals surface area (Å²) in [7, 11) is 3.31. The van der Waals surface area contributed by atoms with Crippen molar-refractivity contribution < 1.29 is 9.47 Å². The molecule has 0 N–H and O–H groups in total. The number of rotatable bonds is 4. The van der Waals surface area contributed by atoms with Gasteiger partial charge in [0.25, 0.3) is 0 Å². The maximum absolute atomic E-state index is 5.58. The molecule has 0 aliphatic carbocycles. The van der Waals surface area contributed by atoms with Crippen LogP contribution in [0.4, 0.5) is 5.82 Å². The van der Waals surface area contributed by atoms with E-state index in [1.54, 1.807) is 14.2 Å². The highest BCUT2D eigenvalue weighted by atomic mass is 16.5. The van der Waals surface area contributed by atoms with Crippen LogP contribution in [0.2, 0.25) is 0 Å². The highest BCUT2D eigenvalue weighted by molar-refractivity contribution is 5.84. The topological polar surface area (TPSA) is 47.5 Å². The minimum atomic E-state index is 0.721. The molecule has 0 unspecified atom stereocenters. The second-order valence-electron chi connectivity index (χ2n) is 6.52. The molecule has 26 heavy (non-hydrogen) atoms. The van der Waals surface area contributed by atoms with Crippen LogP contribution in [-0.2, 0) is 0 Å². The molecule has 5 nitrogen and oxygen atoms in total. The lowest BCUT2D eigenvalue weighted by Gasteiger charge is -2.27. The molecule has 2 aromatic carbocycles. The van der Waals surface area contributed by atoms with E-state index in [9.17, 15) is 0 Å². The van der Waals surface area contributed by atoms with Crippen LogP contribution >= 0.6 is 0 Å². The molecule has 0 spiro atoms. The maximum atomic E-state index is 5.58. The Morgan fingerprint density at radius 1 is 0.923 bits per heavy atom. The highest BCUT2D eigenvalue weighted by Crippen LogP contribution is 2.38. The number of anilines is 1. The van der Waals surface area contributed by atoms with Gasteiger partial charge in [0.05, 0.1) is 31.4 Å². The normalized spacial score (nSPS) is 14.5. The van der Waals surface area contributed by atoms with Gasteiger partial charge in [-0.1, -0.05) is 18.2 Å². The molecule has 134 valence electrons. The van der Waals surface area contributed by atoms with Crippen LogP contribution in [0.5, 0.6) is 11.5 Å². The summed E-state index contributed by atoms with van der Waals surface area (Å²) < 4.78 is 11.0. The lowest BCUT2D eigenvalue weighted by atomic mass is 10.0. The van der Waals surface area contributed by atoms with E-state index >= 15 is 0 Å². The summed E-state index contributed by atoms with van der Waals surface area (Å²) in [5.74, 6) is 2.42. The van der Waals surface area contributed by atoms with E-state index in [4.69, 9.17) is 14.5 Å². The van der Waals surface area contributed by atoms with E-state index in [0.717, 1.165) is 52.6 Å². The standard InChI is InChI=1S/C21H23N3O2/c1-25-19-8-6-7-16(21(19)26-2)15-9-10-17-18(13-15)23-20(14-22-17)24-11-4-3-5-12-24/h6-10,13-14H,3-5,11-12H2,1-2H3. The first kappa shape index (κ1) is 16.6. The average molecular weight is 349 g/mol. The summed E-state index contributed by atoms with van der Waals surface area (Å²) in [4.78, 5) is 11.8. The maximum Gasteiger partial charge on any atom is 0.168 e. The van der Waals surface area contributed by atoms with Gasteiger partial charge in [0.2, 0.25) is 0 Å². The molecule has 1 aliphatic rings. The molecule has 0 radical (unpaired) electrons. The van der Waals surface area contributed by atoms with Gasteiger partial charge in [-0.2, -0.15) is 0 Å². The van der Waals surface area contributed by atoms with E-state index < -0.39 is 0 Å². The monoisotopic (exact) mass is 349 g/mol. The number of para-hydroxylation sites is 1. The minimum Gasteiger partial charge on any atom is -0.493 e. The van der Waals surface area contributed by atoms with Gasteiger partial charge in [0.15, 0.2) is 11.5 Å². The van der Waals surface area contributed by atoms with Crippen LogP contribution < -0.4 is 14.4 Å². The predicted molar refractivity (Wildman–Crippen MR) is 104 cm³/mol. The minimum absolute atomic E-state index is 0.721. The first-order valence-electron chi connectivity index (χ1n) is 9.03. The molecule has 1 aromatic heterocycles. The van der Waals surface area contributed by atoms with Crippen LogP contribution in [-0.4, -0.2) is 37.3 Å². The molecule has 0 atom stereocenters.